The molecule has 98 valence electrons. The van der Waals surface area contributed by atoms with Crippen LogP contribution >= 0.6 is 11.8 Å². The Morgan fingerprint density at radius 3 is 2.78 bits per heavy atom. The lowest BCUT2D eigenvalue weighted by Crippen LogP contribution is -2.15. The quantitative estimate of drug-likeness (QED) is 0.473. The minimum atomic E-state index is -1.23. The fourth-order valence-corrected chi connectivity index (χ4v) is 2.18. The van der Waals surface area contributed by atoms with Gasteiger partial charge in [-0.3, -0.25) is 10.1 Å². The molecule has 0 aromatic carbocycles. The second kappa shape index (κ2) is 6.31. The van der Waals surface area contributed by atoms with Crippen LogP contribution in [0, 0.1) is 10.1 Å². The number of carbonyl (C=O) groups is 1. The number of hydrogen-bond acceptors (Lipinski definition) is 6. The second-order valence-corrected chi connectivity index (χ2v) is 4.85. The van der Waals surface area contributed by atoms with Crippen LogP contribution in [0.4, 0.5) is 5.69 Å². The minimum absolute atomic E-state index is 0.182. The van der Waals surface area contributed by atoms with E-state index in [-0.39, 0.29) is 16.3 Å². The molecular formula is C10H13N3O4S. The van der Waals surface area contributed by atoms with Gasteiger partial charge in [0.05, 0.1) is 10.5 Å². The Labute approximate surface area is 108 Å². The molecule has 1 N–H and O–H groups in total. The summed E-state index contributed by atoms with van der Waals surface area (Å²) in [5.41, 5.74) is -0.447. The van der Waals surface area contributed by atoms with Crippen LogP contribution in [0.1, 0.15) is 10.4 Å². The van der Waals surface area contributed by atoms with Gasteiger partial charge in [0.1, 0.15) is 0 Å². The number of carboxylic acid groups (broad SMARTS) is 1. The van der Waals surface area contributed by atoms with Crippen LogP contribution in [0.5, 0.6) is 0 Å². The molecule has 1 rings (SSSR count). The normalized spacial score (nSPS) is 10.6. The zero-order chi connectivity index (χ0) is 13.7. The zero-order valence-corrected chi connectivity index (χ0v) is 10.8. The Hall–Kier alpha value is -1.67. The maximum Gasteiger partial charge on any atom is 0.337 e. The molecule has 0 amide bonds. The lowest BCUT2D eigenvalue weighted by molar-refractivity contribution is -0.388. The van der Waals surface area contributed by atoms with Gasteiger partial charge in [0.25, 0.3) is 0 Å². The fourth-order valence-electron chi connectivity index (χ4n) is 1.12. The SMILES string of the molecule is CN(C)CCSc1ncc(C(=O)O)cc1[N+](=O)[O-]. The molecule has 1 heterocycles. The molecule has 0 aliphatic carbocycles. The first-order valence-corrected chi connectivity index (χ1v) is 6.05. The highest BCUT2D eigenvalue weighted by atomic mass is 32.2. The molecule has 0 aliphatic heterocycles. The summed E-state index contributed by atoms with van der Waals surface area (Å²) in [6.07, 6.45) is 1.13. The number of thioether (sulfide) groups is 1. The first-order valence-electron chi connectivity index (χ1n) is 5.07. The summed E-state index contributed by atoms with van der Waals surface area (Å²) in [6.45, 7) is 0.754. The van der Waals surface area contributed by atoms with Gasteiger partial charge in [0.15, 0.2) is 5.03 Å². The van der Waals surface area contributed by atoms with Gasteiger partial charge in [-0.1, -0.05) is 11.8 Å². The number of carboxylic acids is 1. The van der Waals surface area contributed by atoms with E-state index in [2.05, 4.69) is 4.98 Å². The summed E-state index contributed by atoms with van der Waals surface area (Å²) in [5.74, 6) is -0.580. The molecule has 8 heteroatoms. The average molecular weight is 271 g/mol. The van der Waals surface area contributed by atoms with Crippen molar-refractivity contribution in [3.63, 3.8) is 0 Å². The van der Waals surface area contributed by atoms with Crippen molar-refractivity contribution in [3.8, 4) is 0 Å². The molecule has 0 atom stereocenters. The van der Waals surface area contributed by atoms with E-state index in [1.54, 1.807) is 0 Å². The van der Waals surface area contributed by atoms with Crippen LogP contribution in [0.2, 0.25) is 0 Å². The number of pyridine rings is 1. The maximum atomic E-state index is 10.8. The van der Waals surface area contributed by atoms with E-state index < -0.39 is 10.9 Å². The van der Waals surface area contributed by atoms with Crippen molar-refractivity contribution in [2.24, 2.45) is 0 Å². The summed E-state index contributed by atoms with van der Waals surface area (Å²) in [7, 11) is 3.80. The zero-order valence-electron chi connectivity index (χ0n) is 9.99. The smallest absolute Gasteiger partial charge is 0.337 e. The molecule has 0 bridgehead atoms. The van der Waals surface area contributed by atoms with E-state index in [0.29, 0.717) is 5.75 Å². The van der Waals surface area contributed by atoms with Gasteiger partial charge in [0.2, 0.25) is 0 Å². The Morgan fingerprint density at radius 2 is 2.28 bits per heavy atom. The highest BCUT2D eigenvalue weighted by Gasteiger charge is 2.19. The van der Waals surface area contributed by atoms with Crippen LogP contribution in [0.3, 0.4) is 0 Å². The van der Waals surface area contributed by atoms with Crippen molar-refractivity contribution in [2.75, 3.05) is 26.4 Å². The van der Waals surface area contributed by atoms with Gasteiger partial charge >= 0.3 is 11.7 Å². The third-order valence-electron chi connectivity index (χ3n) is 2.05. The largest absolute Gasteiger partial charge is 0.478 e. The number of rotatable bonds is 6. The van der Waals surface area contributed by atoms with Gasteiger partial charge in [-0.05, 0) is 14.1 Å². The number of nitrogens with zero attached hydrogens (tertiary/aromatic N) is 3. The lowest BCUT2D eigenvalue weighted by Gasteiger charge is -2.08. The van der Waals surface area contributed by atoms with Crippen molar-refractivity contribution in [3.05, 3.63) is 27.9 Å². The van der Waals surface area contributed by atoms with Crippen molar-refractivity contribution in [1.29, 1.82) is 0 Å². The van der Waals surface area contributed by atoms with E-state index in [1.165, 1.54) is 11.8 Å². The van der Waals surface area contributed by atoms with E-state index in [4.69, 9.17) is 5.11 Å². The van der Waals surface area contributed by atoms with Gasteiger partial charge in [0, 0.05) is 24.6 Å². The monoisotopic (exact) mass is 271 g/mol. The molecule has 7 nitrogen and oxygen atoms in total. The van der Waals surface area contributed by atoms with Crippen LogP contribution in [-0.2, 0) is 0 Å². The molecule has 0 aliphatic rings. The predicted octanol–water partition coefficient (Wildman–Crippen LogP) is 1.34. The first kappa shape index (κ1) is 14.4. The molecular weight excluding hydrogens is 258 g/mol. The van der Waals surface area contributed by atoms with Crippen molar-refractivity contribution in [2.45, 2.75) is 5.03 Å². The topological polar surface area (TPSA) is 96.6 Å². The molecule has 18 heavy (non-hydrogen) atoms. The fraction of sp³-hybridized carbons (Fsp3) is 0.400. The van der Waals surface area contributed by atoms with Gasteiger partial charge < -0.3 is 10.0 Å². The lowest BCUT2D eigenvalue weighted by atomic mass is 10.3. The van der Waals surface area contributed by atoms with E-state index in [9.17, 15) is 14.9 Å². The summed E-state index contributed by atoms with van der Waals surface area (Å²) in [4.78, 5) is 26.7. The van der Waals surface area contributed by atoms with Crippen LogP contribution in [0.15, 0.2) is 17.3 Å². The van der Waals surface area contributed by atoms with E-state index in [1.807, 2.05) is 19.0 Å². The Balaban J connectivity index is 2.90. The number of hydrogen-bond donors (Lipinski definition) is 1. The van der Waals surface area contributed by atoms with Crippen LogP contribution in [0.25, 0.3) is 0 Å². The van der Waals surface area contributed by atoms with Crippen molar-refractivity contribution in [1.82, 2.24) is 9.88 Å². The van der Waals surface area contributed by atoms with E-state index >= 15 is 0 Å². The molecule has 0 spiro atoms. The molecule has 0 saturated heterocycles. The molecule has 1 aromatic heterocycles. The van der Waals surface area contributed by atoms with Crippen molar-refractivity contribution < 1.29 is 14.8 Å². The van der Waals surface area contributed by atoms with Crippen LogP contribution < -0.4 is 0 Å². The highest BCUT2D eigenvalue weighted by molar-refractivity contribution is 7.99. The van der Waals surface area contributed by atoms with Gasteiger partial charge in [-0.2, -0.15) is 0 Å². The molecule has 1 aromatic rings. The highest BCUT2D eigenvalue weighted by Crippen LogP contribution is 2.27. The average Bonchev–Trinajstić information content (AvgIpc) is 2.28. The third kappa shape index (κ3) is 3.97. The molecule has 0 saturated carbocycles. The predicted molar refractivity (Wildman–Crippen MR) is 67.1 cm³/mol. The Bertz CT molecular complexity index is 464. The van der Waals surface area contributed by atoms with Gasteiger partial charge in [-0.15, -0.1) is 0 Å². The molecule has 0 radical (unpaired) electrons. The summed E-state index contributed by atoms with van der Waals surface area (Å²) in [5, 5.41) is 19.8. The second-order valence-electron chi connectivity index (χ2n) is 3.76. The summed E-state index contributed by atoms with van der Waals surface area (Å²) in [6, 6.07) is 1.04. The van der Waals surface area contributed by atoms with Crippen molar-refractivity contribution >= 4 is 23.4 Å². The maximum absolute atomic E-state index is 10.8. The summed E-state index contributed by atoms with van der Waals surface area (Å²) < 4.78 is 0. The van der Waals surface area contributed by atoms with Gasteiger partial charge in [-0.25, -0.2) is 9.78 Å². The first-order chi connectivity index (χ1) is 8.41. The molecule has 0 fully saturated rings. The van der Waals surface area contributed by atoms with Crippen LogP contribution in [-0.4, -0.2) is 52.3 Å². The Morgan fingerprint density at radius 1 is 1.61 bits per heavy atom. The number of aromatic nitrogens is 1. The standard InChI is InChI=1S/C10H13N3O4S/c1-12(2)3-4-18-9-8(13(16)17)5-7(6-11-9)10(14)15/h5-6H,3-4H2,1-2H3,(H,14,15). The Kier molecular flexibility index (Phi) is 5.05. The minimum Gasteiger partial charge on any atom is -0.478 e. The molecule has 0 unspecified atom stereocenters. The number of aromatic carboxylic acids is 1. The van der Waals surface area contributed by atoms with E-state index in [0.717, 1.165) is 18.8 Å². The number of nitro groups is 1. The summed E-state index contributed by atoms with van der Waals surface area (Å²) >= 11 is 1.24. The third-order valence-corrected chi connectivity index (χ3v) is 3.03.